The molecule has 1 aliphatic carbocycles. The van der Waals surface area contributed by atoms with Gasteiger partial charge >= 0.3 is 12.4 Å². The number of nitrogens with one attached hydrogen (secondary N) is 1. The molecule has 0 radical (unpaired) electrons. The maximum Gasteiger partial charge on any atom is 0.392 e. The van der Waals surface area contributed by atoms with Crippen molar-refractivity contribution in [3.63, 3.8) is 0 Å². The predicted octanol–water partition coefficient (Wildman–Crippen LogP) is 10.4. The van der Waals surface area contributed by atoms with Crippen LogP contribution < -0.4 is 11.1 Å². The molecular formula is C38H54F6N2O2. The van der Waals surface area contributed by atoms with E-state index in [-0.39, 0.29) is 18.4 Å². The van der Waals surface area contributed by atoms with Crippen LogP contribution in [0, 0.1) is 5.92 Å². The van der Waals surface area contributed by atoms with E-state index >= 15 is 0 Å². The third-order valence-electron chi connectivity index (χ3n) is 7.35. The third kappa shape index (κ3) is 17.7. The monoisotopic (exact) mass is 684 g/mol. The van der Waals surface area contributed by atoms with Gasteiger partial charge in [0.2, 0.25) is 0 Å². The quantitative estimate of drug-likeness (QED) is 0.225. The lowest BCUT2D eigenvalue weighted by Crippen LogP contribution is -2.41. The van der Waals surface area contributed by atoms with Crippen molar-refractivity contribution in [2.24, 2.45) is 11.7 Å². The highest BCUT2D eigenvalue weighted by Crippen LogP contribution is 2.38. The Labute approximate surface area is 283 Å². The number of ether oxygens (including phenoxy) is 1. The topological polar surface area (TPSA) is 64.3 Å². The summed E-state index contributed by atoms with van der Waals surface area (Å²) in [6.45, 7) is 19.2. The number of primary amides is 1. The Morgan fingerprint density at radius 3 is 1.98 bits per heavy atom. The zero-order valence-corrected chi connectivity index (χ0v) is 29.6. The maximum atomic E-state index is 11.7. The number of rotatable bonds is 7. The number of hydrogen-bond acceptors (Lipinski definition) is 3. The lowest BCUT2D eigenvalue weighted by atomic mass is 9.82. The van der Waals surface area contributed by atoms with Crippen LogP contribution in [0.1, 0.15) is 91.3 Å². The van der Waals surface area contributed by atoms with Crippen molar-refractivity contribution in [3.05, 3.63) is 102 Å². The molecule has 10 heteroatoms. The first-order valence-electron chi connectivity index (χ1n) is 16.0. The first kappa shape index (κ1) is 44.6. The van der Waals surface area contributed by atoms with Crippen LogP contribution in [-0.2, 0) is 20.5 Å². The smallest absolute Gasteiger partial charge is 0.367 e. The molecular weight excluding hydrogens is 630 g/mol. The fourth-order valence-electron chi connectivity index (χ4n) is 4.50. The van der Waals surface area contributed by atoms with Gasteiger partial charge in [0.1, 0.15) is 0 Å². The molecule has 2 aromatic carbocycles. The van der Waals surface area contributed by atoms with Crippen LogP contribution in [0.2, 0.25) is 0 Å². The molecule has 1 saturated heterocycles. The van der Waals surface area contributed by atoms with Crippen molar-refractivity contribution in [2.45, 2.75) is 104 Å². The Bertz CT molecular complexity index is 1280. The molecule has 0 aromatic heterocycles. The van der Waals surface area contributed by atoms with Gasteiger partial charge in [-0.05, 0) is 49.4 Å². The van der Waals surface area contributed by atoms with E-state index < -0.39 is 30.3 Å². The largest absolute Gasteiger partial charge is 0.392 e. The summed E-state index contributed by atoms with van der Waals surface area (Å²) in [5, 5.41) is 3.29. The van der Waals surface area contributed by atoms with E-state index in [1.165, 1.54) is 23.6 Å². The lowest BCUT2D eigenvalue weighted by Gasteiger charge is -2.25. The molecule has 0 saturated carbocycles. The summed E-state index contributed by atoms with van der Waals surface area (Å²) in [6, 6.07) is 18.3. The standard InChI is InChI=1S/C13H18N2O2.C12H14.C6H9F3.C5H10.C2H3F3/c1-2-15-11-8-13(12(14)16,17-9-11)10-6-4-3-5-7-10;1-3-12(2)9-8-10-6-4-5-7-11(10)12;1-5(2)3-4-6(7,8)9;1-4-5(2)3;1-2(3,4)5/h3-7,11,15H,2,8-9H2,1H3,(H2,14,16);4-9H,3H2,1-2H3;3H,4H2,1-2H3;4-5H,1H2,2-3H3;1H3. The second kappa shape index (κ2) is 20.9. The molecule has 3 unspecified atom stereocenters. The summed E-state index contributed by atoms with van der Waals surface area (Å²) in [6.07, 6.45) is 0.559. The van der Waals surface area contributed by atoms with E-state index in [0.29, 0.717) is 24.5 Å². The second-order valence-electron chi connectivity index (χ2n) is 12.4. The van der Waals surface area contributed by atoms with E-state index in [9.17, 15) is 31.1 Å². The Balaban J connectivity index is 0.000000626. The number of nitrogens with two attached hydrogens (primary N) is 1. The van der Waals surface area contributed by atoms with Crippen LogP contribution in [0.25, 0.3) is 6.08 Å². The zero-order chi connectivity index (χ0) is 37.2. The number of likely N-dealkylation sites (N-methyl/N-ethyl adjacent to an activating group) is 1. The highest BCUT2D eigenvalue weighted by atomic mass is 19.4. The molecule has 48 heavy (non-hydrogen) atoms. The third-order valence-corrected chi connectivity index (χ3v) is 7.35. The van der Waals surface area contributed by atoms with Gasteiger partial charge in [-0.25, -0.2) is 0 Å². The molecule has 4 nitrogen and oxygen atoms in total. The van der Waals surface area contributed by atoms with Gasteiger partial charge in [0, 0.05) is 24.8 Å². The lowest BCUT2D eigenvalue weighted by molar-refractivity contribution is -0.139. The minimum absolute atomic E-state index is 0.188. The second-order valence-corrected chi connectivity index (χ2v) is 12.4. The number of amides is 1. The molecule has 2 aliphatic rings. The fraction of sp³-hybridized carbons (Fsp3) is 0.500. The van der Waals surface area contributed by atoms with Crippen molar-refractivity contribution in [2.75, 3.05) is 13.2 Å². The summed E-state index contributed by atoms with van der Waals surface area (Å²) in [7, 11) is 0. The molecule has 1 aliphatic heterocycles. The predicted molar refractivity (Wildman–Crippen MR) is 185 cm³/mol. The van der Waals surface area contributed by atoms with Crippen molar-refractivity contribution in [1.29, 1.82) is 0 Å². The van der Waals surface area contributed by atoms with Crippen LogP contribution in [0.5, 0.6) is 0 Å². The van der Waals surface area contributed by atoms with Gasteiger partial charge in [0.25, 0.3) is 5.91 Å². The summed E-state index contributed by atoms with van der Waals surface area (Å²) in [4.78, 5) is 11.7. The van der Waals surface area contributed by atoms with E-state index in [4.69, 9.17) is 10.5 Å². The van der Waals surface area contributed by atoms with Crippen LogP contribution in [0.3, 0.4) is 0 Å². The number of hydrogen-bond donors (Lipinski definition) is 2. The molecule has 1 amide bonds. The average Bonchev–Trinajstić information content (AvgIpc) is 3.59. The van der Waals surface area contributed by atoms with E-state index in [0.717, 1.165) is 12.1 Å². The molecule has 3 atom stereocenters. The van der Waals surface area contributed by atoms with Gasteiger partial charge in [-0.3, -0.25) is 4.79 Å². The van der Waals surface area contributed by atoms with Gasteiger partial charge < -0.3 is 15.8 Å². The summed E-state index contributed by atoms with van der Waals surface area (Å²) in [5.41, 5.74) is 9.27. The van der Waals surface area contributed by atoms with Gasteiger partial charge in [-0.1, -0.05) is 119 Å². The SMILES string of the molecule is C=CC(C)C.CC(C)=CCC(F)(F)F.CC(F)(F)F.CCC1(C)C=Cc2ccccc21.CCNC1COC(C(N)=O)(c2ccccc2)C1. The fourth-order valence-corrected chi connectivity index (χ4v) is 4.50. The molecule has 0 bridgehead atoms. The van der Waals surface area contributed by atoms with E-state index in [1.807, 2.05) is 43.3 Å². The Morgan fingerprint density at radius 1 is 1.04 bits per heavy atom. The van der Waals surface area contributed by atoms with Gasteiger partial charge in [-0.2, -0.15) is 26.3 Å². The summed E-state index contributed by atoms with van der Waals surface area (Å²) in [5.74, 6) is 0.235. The minimum Gasteiger partial charge on any atom is -0.367 e. The van der Waals surface area contributed by atoms with Gasteiger partial charge in [-0.15, -0.1) is 6.58 Å². The summed E-state index contributed by atoms with van der Waals surface area (Å²) >= 11 is 0. The summed E-state index contributed by atoms with van der Waals surface area (Å²) < 4.78 is 70.9. The first-order valence-corrected chi connectivity index (χ1v) is 16.0. The van der Waals surface area contributed by atoms with Crippen molar-refractivity contribution in [1.82, 2.24) is 5.32 Å². The number of halogens is 6. The van der Waals surface area contributed by atoms with Crippen molar-refractivity contribution in [3.8, 4) is 0 Å². The number of allylic oxidation sites excluding steroid dienone is 4. The first-order chi connectivity index (χ1) is 22.1. The molecule has 3 N–H and O–H groups in total. The minimum atomic E-state index is -4.04. The van der Waals surface area contributed by atoms with E-state index in [2.05, 4.69) is 76.0 Å². The molecule has 270 valence electrons. The molecule has 1 heterocycles. The van der Waals surface area contributed by atoms with E-state index in [1.54, 1.807) is 13.8 Å². The number of fused-ring (bicyclic) bond motifs is 1. The average molecular weight is 685 g/mol. The number of benzene rings is 2. The number of carbonyl (C=O) groups is 1. The number of carbonyl (C=O) groups excluding carboxylic acids is 1. The normalized spacial score (nSPS) is 20.7. The zero-order valence-electron chi connectivity index (χ0n) is 29.6. The van der Waals surface area contributed by atoms with Gasteiger partial charge in [0.05, 0.1) is 13.0 Å². The van der Waals surface area contributed by atoms with Crippen molar-refractivity contribution >= 4 is 12.0 Å². The highest BCUT2D eigenvalue weighted by Gasteiger charge is 2.46. The number of alkyl halides is 6. The molecule has 0 spiro atoms. The molecule has 4 rings (SSSR count). The van der Waals surface area contributed by atoms with Gasteiger partial charge in [0.15, 0.2) is 5.60 Å². The van der Waals surface area contributed by atoms with Crippen LogP contribution in [0.15, 0.2) is 85.0 Å². The van der Waals surface area contributed by atoms with Crippen LogP contribution in [-0.4, -0.2) is 37.5 Å². The molecule has 1 fully saturated rings. The molecule has 2 aromatic rings. The van der Waals surface area contributed by atoms with Crippen LogP contribution >= 0.6 is 0 Å². The van der Waals surface area contributed by atoms with Crippen molar-refractivity contribution < 1.29 is 35.9 Å². The Kier molecular flexibility index (Phi) is 19.4. The Hall–Kier alpha value is -3.37. The van der Waals surface area contributed by atoms with Crippen LogP contribution in [0.4, 0.5) is 26.3 Å². The maximum absolute atomic E-state index is 11.7. The Morgan fingerprint density at radius 2 is 1.56 bits per heavy atom. The highest BCUT2D eigenvalue weighted by molar-refractivity contribution is 5.85.